The fraction of sp³-hybridized carbons (Fsp3) is 0.227. The maximum absolute atomic E-state index is 13.1. The number of nitrogens with one attached hydrogen (secondary N) is 1. The van der Waals surface area contributed by atoms with E-state index in [2.05, 4.69) is 21.2 Å². The predicted molar refractivity (Wildman–Crippen MR) is 115 cm³/mol. The molecule has 0 saturated heterocycles. The van der Waals surface area contributed by atoms with Crippen LogP contribution in [0.3, 0.4) is 0 Å². The molecule has 0 spiro atoms. The molecule has 0 aliphatic heterocycles. The van der Waals surface area contributed by atoms with Gasteiger partial charge in [0.1, 0.15) is 11.5 Å². The molecule has 6 heteroatoms. The second-order valence-electron chi connectivity index (χ2n) is 7.47. The van der Waals surface area contributed by atoms with Crippen LogP contribution in [0, 0.1) is 6.92 Å². The van der Waals surface area contributed by atoms with Gasteiger partial charge in [0.25, 0.3) is 5.91 Å². The highest BCUT2D eigenvalue weighted by molar-refractivity contribution is 9.10. The summed E-state index contributed by atoms with van der Waals surface area (Å²) < 4.78 is 8.54. The number of rotatable bonds is 3. The van der Waals surface area contributed by atoms with Crippen LogP contribution >= 0.6 is 15.9 Å². The minimum atomic E-state index is -1.04. The van der Waals surface area contributed by atoms with E-state index in [4.69, 9.17) is 4.42 Å². The topological polar surface area (TPSA) is 67.4 Å². The van der Waals surface area contributed by atoms with E-state index in [0.29, 0.717) is 22.7 Å². The van der Waals surface area contributed by atoms with E-state index < -0.39 is 5.60 Å². The summed E-state index contributed by atoms with van der Waals surface area (Å²) in [4.78, 5) is 13.1. The first-order valence-corrected chi connectivity index (χ1v) is 9.78. The molecule has 0 bridgehead atoms. The number of halogens is 1. The monoisotopic (exact) mass is 440 g/mol. The number of nitrogens with zero attached hydrogens (tertiary/aromatic N) is 1. The van der Waals surface area contributed by atoms with Gasteiger partial charge in [0, 0.05) is 28.9 Å². The zero-order chi connectivity index (χ0) is 20.2. The van der Waals surface area contributed by atoms with Gasteiger partial charge in [0.15, 0.2) is 5.58 Å². The molecule has 5 nitrogen and oxygen atoms in total. The van der Waals surface area contributed by atoms with Crippen LogP contribution in [0.25, 0.3) is 21.9 Å². The van der Waals surface area contributed by atoms with Gasteiger partial charge >= 0.3 is 0 Å². The third-order valence-electron chi connectivity index (χ3n) is 5.01. The minimum absolute atomic E-state index is 0.239. The molecule has 0 fully saturated rings. The maximum Gasteiger partial charge on any atom is 0.273 e. The van der Waals surface area contributed by atoms with Gasteiger partial charge in [0.05, 0.1) is 15.8 Å². The second kappa shape index (κ2) is 6.50. The van der Waals surface area contributed by atoms with E-state index in [1.54, 1.807) is 19.9 Å². The Bertz CT molecular complexity index is 1190. The van der Waals surface area contributed by atoms with Crippen molar-refractivity contribution in [3.8, 4) is 0 Å². The molecule has 0 atom stereocenters. The van der Waals surface area contributed by atoms with Gasteiger partial charge in [-0.15, -0.1) is 0 Å². The van der Waals surface area contributed by atoms with Crippen molar-refractivity contribution in [1.29, 1.82) is 0 Å². The van der Waals surface area contributed by atoms with Crippen molar-refractivity contribution in [2.75, 3.05) is 5.32 Å². The number of hydrogen-bond donors (Lipinski definition) is 2. The van der Waals surface area contributed by atoms with Crippen molar-refractivity contribution in [1.82, 2.24) is 4.57 Å². The molecular weight excluding hydrogens is 420 g/mol. The highest BCUT2D eigenvalue weighted by Gasteiger charge is 2.27. The number of anilines is 1. The molecular formula is C22H21BrN2O3. The Morgan fingerprint density at radius 3 is 2.50 bits per heavy atom. The summed E-state index contributed by atoms with van der Waals surface area (Å²) in [7, 11) is 1.87. The number of hydrogen-bond acceptors (Lipinski definition) is 3. The number of para-hydroxylation sites is 2. The van der Waals surface area contributed by atoms with E-state index >= 15 is 0 Å². The lowest BCUT2D eigenvalue weighted by atomic mass is 9.95. The molecule has 2 aromatic carbocycles. The Balaban J connectivity index is 1.81. The number of carbonyl (C=O) groups is 1. The van der Waals surface area contributed by atoms with E-state index in [1.165, 1.54) is 0 Å². The van der Waals surface area contributed by atoms with Crippen molar-refractivity contribution < 1.29 is 14.3 Å². The Morgan fingerprint density at radius 2 is 1.82 bits per heavy atom. The molecule has 144 valence electrons. The third kappa shape index (κ3) is 2.84. The molecule has 28 heavy (non-hydrogen) atoms. The van der Waals surface area contributed by atoms with Crippen molar-refractivity contribution in [2.45, 2.75) is 26.4 Å². The van der Waals surface area contributed by atoms with Crippen LogP contribution in [0.2, 0.25) is 0 Å². The third-order valence-corrected chi connectivity index (χ3v) is 5.81. The second-order valence-corrected chi connectivity index (χ2v) is 8.26. The summed E-state index contributed by atoms with van der Waals surface area (Å²) in [6.07, 6.45) is 0. The Hall–Kier alpha value is -2.57. The minimum Gasteiger partial charge on any atom is -0.459 e. The number of furan rings is 1. The summed E-state index contributed by atoms with van der Waals surface area (Å²) in [5.41, 5.74) is 2.31. The number of benzene rings is 2. The van der Waals surface area contributed by atoms with Gasteiger partial charge in [-0.2, -0.15) is 0 Å². The van der Waals surface area contributed by atoms with Gasteiger partial charge in [-0.25, -0.2) is 0 Å². The molecule has 2 heterocycles. The van der Waals surface area contributed by atoms with Gasteiger partial charge in [0.2, 0.25) is 0 Å². The fourth-order valence-electron chi connectivity index (χ4n) is 3.88. The molecule has 0 saturated carbocycles. The number of amides is 1. The lowest BCUT2D eigenvalue weighted by Crippen LogP contribution is -2.17. The summed E-state index contributed by atoms with van der Waals surface area (Å²) in [5.74, 6) is 0.395. The Kier molecular flexibility index (Phi) is 4.36. The van der Waals surface area contributed by atoms with Gasteiger partial charge < -0.3 is 19.4 Å². The van der Waals surface area contributed by atoms with Gasteiger partial charge in [-0.05, 0) is 48.8 Å². The Morgan fingerprint density at radius 1 is 1.14 bits per heavy atom. The van der Waals surface area contributed by atoms with Crippen molar-refractivity contribution in [3.05, 3.63) is 64.0 Å². The number of aromatic nitrogens is 1. The van der Waals surface area contributed by atoms with Crippen LogP contribution in [0.15, 0.2) is 51.4 Å². The molecule has 2 N–H and O–H groups in total. The normalized spacial score (nSPS) is 12.1. The average Bonchev–Trinajstić information content (AvgIpc) is 3.10. The molecule has 0 aliphatic rings. The number of fused-ring (bicyclic) bond motifs is 2. The predicted octanol–water partition coefficient (Wildman–Crippen LogP) is 5.48. The zero-order valence-corrected chi connectivity index (χ0v) is 17.7. The SMILES string of the molecule is Cc1oc2c(NC(=O)c3c(Br)c4ccccc4n3C)cccc2c1C(C)(C)O. The standard InChI is InChI=1S/C22H21BrN2O3/c1-12-17(22(2,3)27)14-9-7-10-15(20(14)28-12)24-21(26)19-18(23)13-8-5-6-11-16(13)25(19)4/h5-11,27H,1-4H3,(H,24,26). The average molecular weight is 441 g/mol. The first-order valence-electron chi connectivity index (χ1n) is 8.99. The van der Waals surface area contributed by atoms with Crippen LogP contribution < -0.4 is 5.32 Å². The summed E-state index contributed by atoms with van der Waals surface area (Å²) >= 11 is 3.57. The van der Waals surface area contributed by atoms with Crippen molar-refractivity contribution >= 4 is 49.4 Å². The highest BCUT2D eigenvalue weighted by Crippen LogP contribution is 2.37. The van der Waals surface area contributed by atoms with E-state index in [0.717, 1.165) is 26.3 Å². The van der Waals surface area contributed by atoms with Crippen LogP contribution in [-0.4, -0.2) is 15.6 Å². The van der Waals surface area contributed by atoms with Gasteiger partial charge in [-0.3, -0.25) is 4.79 Å². The number of aliphatic hydroxyl groups is 1. The van der Waals surface area contributed by atoms with Crippen LogP contribution in [0.1, 0.15) is 35.7 Å². The van der Waals surface area contributed by atoms with Gasteiger partial charge in [-0.1, -0.05) is 30.3 Å². The first kappa shape index (κ1) is 18.8. The molecule has 2 aromatic heterocycles. The van der Waals surface area contributed by atoms with Crippen molar-refractivity contribution in [2.24, 2.45) is 7.05 Å². The summed E-state index contributed by atoms with van der Waals surface area (Å²) in [5, 5.41) is 15.2. The molecule has 0 unspecified atom stereocenters. The first-order chi connectivity index (χ1) is 13.2. The van der Waals surface area contributed by atoms with Crippen LogP contribution in [0.5, 0.6) is 0 Å². The molecule has 1 amide bonds. The van der Waals surface area contributed by atoms with Crippen LogP contribution in [-0.2, 0) is 12.6 Å². The van der Waals surface area contributed by atoms with Crippen molar-refractivity contribution in [3.63, 3.8) is 0 Å². The lowest BCUT2D eigenvalue weighted by molar-refractivity contribution is 0.0783. The van der Waals surface area contributed by atoms with E-state index in [9.17, 15) is 9.90 Å². The highest BCUT2D eigenvalue weighted by atomic mass is 79.9. The van der Waals surface area contributed by atoms with E-state index in [1.807, 2.05) is 54.9 Å². The largest absolute Gasteiger partial charge is 0.459 e. The summed E-state index contributed by atoms with van der Waals surface area (Å²) in [6.45, 7) is 5.27. The maximum atomic E-state index is 13.1. The fourth-order valence-corrected chi connectivity index (χ4v) is 4.66. The Labute approximate surface area is 171 Å². The molecule has 4 aromatic rings. The number of aryl methyl sites for hydroxylation is 2. The van der Waals surface area contributed by atoms with E-state index in [-0.39, 0.29) is 5.91 Å². The molecule has 4 rings (SSSR count). The molecule has 0 radical (unpaired) electrons. The van der Waals surface area contributed by atoms with Crippen LogP contribution in [0.4, 0.5) is 5.69 Å². The smallest absolute Gasteiger partial charge is 0.273 e. The number of carbonyl (C=O) groups excluding carboxylic acids is 1. The lowest BCUT2D eigenvalue weighted by Gasteiger charge is -2.17. The summed E-state index contributed by atoms with van der Waals surface area (Å²) in [6, 6.07) is 13.4. The quantitative estimate of drug-likeness (QED) is 0.443. The zero-order valence-electron chi connectivity index (χ0n) is 16.1. The molecule has 0 aliphatic carbocycles.